The van der Waals surface area contributed by atoms with Crippen molar-refractivity contribution in [2.45, 2.75) is 57.9 Å². The number of hydrogen-bond donors (Lipinski definition) is 7. The minimum atomic E-state index is -0.571. The first-order valence-electron chi connectivity index (χ1n) is 10.1. The molecule has 164 valence electrons. The number of rotatable bonds is 17. The second-order valence-electron chi connectivity index (χ2n) is 6.83. The third-order valence-electron chi connectivity index (χ3n) is 3.90. The van der Waals surface area contributed by atoms with Crippen LogP contribution in [0.4, 0.5) is 4.79 Å². The van der Waals surface area contributed by atoms with Gasteiger partial charge >= 0.3 is 6.09 Å². The third kappa shape index (κ3) is 20.2. The van der Waals surface area contributed by atoms with Crippen molar-refractivity contribution in [3.63, 3.8) is 0 Å². The summed E-state index contributed by atoms with van der Waals surface area (Å²) in [5.41, 5.74) is 10.8. The van der Waals surface area contributed by atoms with Crippen LogP contribution in [0.2, 0.25) is 0 Å². The Morgan fingerprint density at radius 2 is 1.46 bits per heavy atom. The van der Waals surface area contributed by atoms with Crippen LogP contribution in [0.5, 0.6) is 0 Å². The van der Waals surface area contributed by atoms with Crippen LogP contribution < -0.4 is 32.7 Å². The summed E-state index contributed by atoms with van der Waals surface area (Å²) in [5.74, 6) is -0.312. The van der Waals surface area contributed by atoms with Crippen LogP contribution >= 0.6 is 0 Å². The summed E-state index contributed by atoms with van der Waals surface area (Å²) in [6, 6.07) is 0.210. The lowest BCUT2D eigenvalue weighted by Crippen LogP contribution is -2.33. The molecule has 0 heterocycles. The molecule has 10 heteroatoms. The van der Waals surface area contributed by atoms with Gasteiger partial charge in [-0.25, -0.2) is 4.79 Å². The molecule has 28 heavy (non-hydrogen) atoms. The summed E-state index contributed by atoms with van der Waals surface area (Å²) in [5, 5.41) is 18.4. The number of carbonyl (C=O) groups excluding carboxylic acids is 2. The average Bonchev–Trinajstić information content (AvgIpc) is 2.63. The lowest BCUT2D eigenvalue weighted by Gasteiger charge is -2.09. The number of nitrogens with one attached hydrogen (secondary N) is 5. The van der Waals surface area contributed by atoms with Crippen LogP contribution in [0.15, 0.2) is 0 Å². The molecule has 0 bridgehead atoms. The molecule has 0 fully saturated rings. The molecule has 1 atom stereocenters. The highest BCUT2D eigenvalue weighted by Gasteiger charge is 2.06. The molecular formula is C18H39N7O3. The summed E-state index contributed by atoms with van der Waals surface area (Å²) in [6.45, 7) is 5.27. The van der Waals surface area contributed by atoms with Crippen molar-refractivity contribution in [3.05, 3.63) is 0 Å². The van der Waals surface area contributed by atoms with Gasteiger partial charge in [-0.3, -0.25) is 10.2 Å². The van der Waals surface area contributed by atoms with Gasteiger partial charge in [-0.05, 0) is 52.1 Å². The highest BCUT2D eigenvalue weighted by Crippen LogP contribution is 1.97. The van der Waals surface area contributed by atoms with Crippen LogP contribution in [-0.2, 0) is 9.53 Å². The number of amides is 2. The Balaban J connectivity index is 3.37. The highest BCUT2D eigenvalue weighted by atomic mass is 16.6. The molecule has 0 unspecified atom stereocenters. The monoisotopic (exact) mass is 401 g/mol. The van der Waals surface area contributed by atoms with E-state index in [1.165, 1.54) is 0 Å². The molecule has 0 aromatic heterocycles. The van der Waals surface area contributed by atoms with Gasteiger partial charge < -0.3 is 37.5 Å². The largest absolute Gasteiger partial charge is 0.439 e. The average molecular weight is 402 g/mol. The zero-order chi connectivity index (χ0) is 21.0. The molecule has 0 aromatic rings. The van der Waals surface area contributed by atoms with E-state index in [0.717, 1.165) is 58.0 Å². The fourth-order valence-electron chi connectivity index (χ4n) is 2.31. The number of unbranched alkanes of at least 4 members (excludes halogenated alkanes) is 4. The van der Waals surface area contributed by atoms with E-state index in [2.05, 4.69) is 21.3 Å². The second kappa shape index (κ2) is 18.3. The molecule has 0 radical (unpaired) electrons. The third-order valence-corrected chi connectivity index (χ3v) is 3.90. The molecule has 0 aliphatic carbocycles. The Morgan fingerprint density at radius 3 is 2.11 bits per heavy atom. The summed E-state index contributed by atoms with van der Waals surface area (Å²) in [4.78, 5) is 23.1. The first-order valence-corrected chi connectivity index (χ1v) is 10.1. The van der Waals surface area contributed by atoms with Crippen molar-refractivity contribution in [3.8, 4) is 0 Å². The zero-order valence-corrected chi connectivity index (χ0v) is 17.1. The summed E-state index contributed by atoms with van der Waals surface area (Å²) in [6.07, 6.45) is 5.93. The molecule has 9 N–H and O–H groups in total. The molecule has 2 amide bonds. The van der Waals surface area contributed by atoms with Gasteiger partial charge in [-0.15, -0.1) is 0 Å². The highest BCUT2D eigenvalue weighted by molar-refractivity contribution is 5.79. The van der Waals surface area contributed by atoms with Crippen molar-refractivity contribution in [2.75, 3.05) is 39.3 Å². The van der Waals surface area contributed by atoms with Crippen LogP contribution in [0.1, 0.15) is 51.9 Å². The van der Waals surface area contributed by atoms with Crippen LogP contribution in [0.3, 0.4) is 0 Å². The van der Waals surface area contributed by atoms with Gasteiger partial charge in [0.15, 0.2) is 12.6 Å². The molecule has 0 aliphatic heterocycles. The summed E-state index contributed by atoms with van der Waals surface area (Å²) >= 11 is 0. The maximum Gasteiger partial charge on any atom is 0.407 e. The van der Waals surface area contributed by atoms with Gasteiger partial charge in [0.2, 0.25) is 0 Å². The van der Waals surface area contributed by atoms with Crippen molar-refractivity contribution in [1.29, 1.82) is 5.41 Å². The van der Waals surface area contributed by atoms with E-state index in [-0.39, 0.29) is 24.5 Å². The summed E-state index contributed by atoms with van der Waals surface area (Å²) < 4.78 is 4.88. The molecule has 0 saturated carbocycles. The zero-order valence-electron chi connectivity index (χ0n) is 17.1. The fraction of sp³-hybridized carbons (Fsp3) is 0.833. The predicted octanol–water partition coefficient (Wildman–Crippen LogP) is -0.0206. The molecule has 0 aromatic carbocycles. The lowest BCUT2D eigenvalue weighted by atomic mass is 10.2. The first-order chi connectivity index (χ1) is 13.4. The van der Waals surface area contributed by atoms with Gasteiger partial charge in [0.05, 0.1) is 0 Å². The van der Waals surface area contributed by atoms with Gasteiger partial charge in [-0.1, -0.05) is 12.8 Å². The van der Waals surface area contributed by atoms with E-state index >= 15 is 0 Å². The normalized spacial score (nSPS) is 11.5. The molecule has 0 spiro atoms. The standard InChI is InChI=1S/C18H39N7O3/c1-15(19)8-13-22-9-6-7-12-25-18(27)28-14-16(26)23-10-4-2-3-5-11-24-17(20)21/h15,22H,2-14,19H2,1H3,(H,23,26)(H,25,27)(H4,20,21,24)/t15-/m0/s1. The number of hydrogen-bond acceptors (Lipinski definition) is 6. The van der Waals surface area contributed by atoms with Crippen molar-refractivity contribution in [1.82, 2.24) is 21.3 Å². The molecule has 10 nitrogen and oxygen atoms in total. The van der Waals surface area contributed by atoms with Gasteiger partial charge in [0.1, 0.15) is 0 Å². The Bertz CT molecular complexity index is 433. The van der Waals surface area contributed by atoms with Gasteiger partial charge in [0.25, 0.3) is 5.91 Å². The molecular weight excluding hydrogens is 362 g/mol. The Morgan fingerprint density at radius 1 is 0.893 bits per heavy atom. The Labute approximate surface area is 168 Å². The van der Waals surface area contributed by atoms with E-state index in [4.69, 9.17) is 21.6 Å². The van der Waals surface area contributed by atoms with Crippen LogP contribution in [0.25, 0.3) is 0 Å². The summed E-state index contributed by atoms with van der Waals surface area (Å²) in [7, 11) is 0. The molecule has 0 saturated heterocycles. The predicted molar refractivity (Wildman–Crippen MR) is 111 cm³/mol. The molecule has 0 rings (SSSR count). The SMILES string of the molecule is C[C@H](N)CCNCCCCNC(=O)OCC(=O)NCCCCCCNC(=N)N. The minimum Gasteiger partial charge on any atom is -0.439 e. The van der Waals surface area contributed by atoms with E-state index in [1.807, 2.05) is 6.92 Å². The van der Waals surface area contributed by atoms with Crippen LogP contribution in [-0.4, -0.2) is 63.3 Å². The van der Waals surface area contributed by atoms with Crippen molar-refractivity contribution in [2.24, 2.45) is 11.5 Å². The fourth-order valence-corrected chi connectivity index (χ4v) is 2.31. The topological polar surface area (TPSA) is 167 Å². The van der Waals surface area contributed by atoms with Crippen molar-refractivity contribution >= 4 is 18.0 Å². The van der Waals surface area contributed by atoms with Crippen LogP contribution in [0, 0.1) is 5.41 Å². The number of carbonyl (C=O) groups is 2. The van der Waals surface area contributed by atoms with E-state index in [9.17, 15) is 9.59 Å². The maximum absolute atomic E-state index is 11.6. The van der Waals surface area contributed by atoms with E-state index in [0.29, 0.717) is 19.6 Å². The van der Waals surface area contributed by atoms with E-state index in [1.54, 1.807) is 0 Å². The number of nitrogens with two attached hydrogens (primary N) is 2. The second-order valence-corrected chi connectivity index (χ2v) is 6.83. The number of ether oxygens (including phenoxy) is 1. The number of guanidine groups is 1. The quantitative estimate of drug-likeness (QED) is 0.102. The number of alkyl carbamates (subject to hydrolysis) is 1. The van der Waals surface area contributed by atoms with E-state index < -0.39 is 6.09 Å². The van der Waals surface area contributed by atoms with Gasteiger partial charge in [0, 0.05) is 25.7 Å². The smallest absolute Gasteiger partial charge is 0.407 e. The molecule has 0 aliphatic rings. The first kappa shape index (κ1) is 25.9. The van der Waals surface area contributed by atoms with Crippen molar-refractivity contribution < 1.29 is 14.3 Å². The maximum atomic E-state index is 11.6. The lowest BCUT2D eigenvalue weighted by molar-refractivity contribution is -0.123. The Kier molecular flexibility index (Phi) is 16.9. The van der Waals surface area contributed by atoms with Gasteiger partial charge in [-0.2, -0.15) is 0 Å². The minimum absolute atomic E-state index is 0.0127. The Hall–Kier alpha value is -2.07.